The van der Waals surface area contributed by atoms with Crippen molar-refractivity contribution in [1.82, 2.24) is 14.5 Å². The fourth-order valence-corrected chi connectivity index (χ4v) is 3.27. The molecule has 0 aliphatic carbocycles. The van der Waals surface area contributed by atoms with E-state index < -0.39 is 11.5 Å². The molecule has 146 valence electrons. The van der Waals surface area contributed by atoms with Crippen LogP contribution in [0, 0.1) is 4.77 Å². The van der Waals surface area contributed by atoms with E-state index in [0.717, 1.165) is 30.2 Å². The Labute approximate surface area is 166 Å². The van der Waals surface area contributed by atoms with Crippen LogP contribution in [-0.2, 0) is 17.8 Å². The molecule has 3 rings (SSSR count). The third-order valence-corrected chi connectivity index (χ3v) is 4.53. The van der Waals surface area contributed by atoms with Gasteiger partial charge in [-0.3, -0.25) is 14.6 Å². The van der Waals surface area contributed by atoms with E-state index in [4.69, 9.17) is 12.2 Å². The zero-order valence-electron chi connectivity index (χ0n) is 15.4. The smallest absolute Gasteiger partial charge is 0.270 e. The lowest BCUT2D eigenvalue weighted by Crippen LogP contribution is -2.10. The summed E-state index contributed by atoms with van der Waals surface area (Å²) in [7, 11) is 0. The fourth-order valence-electron chi connectivity index (χ4n) is 3.04. The second-order valence-corrected chi connectivity index (χ2v) is 6.84. The van der Waals surface area contributed by atoms with Gasteiger partial charge in [0.1, 0.15) is 0 Å². The van der Waals surface area contributed by atoms with E-state index in [1.165, 1.54) is 6.07 Å². The summed E-state index contributed by atoms with van der Waals surface area (Å²) in [5.41, 5.74) is 1.07. The monoisotopic (exact) mass is 399 g/mol. The number of carbonyl (C=O) groups excluding carboxylic acids is 1. The van der Waals surface area contributed by atoms with Crippen molar-refractivity contribution < 1.29 is 9.90 Å². The lowest BCUT2D eigenvalue weighted by molar-refractivity contribution is -0.117. The predicted octanol–water partition coefficient (Wildman–Crippen LogP) is 4.14. The highest BCUT2D eigenvalue weighted by Gasteiger charge is 2.16. The van der Waals surface area contributed by atoms with Gasteiger partial charge in [0, 0.05) is 23.7 Å². The Hall–Kier alpha value is -3.07. The Kier molecular flexibility index (Phi) is 6.15. The van der Waals surface area contributed by atoms with Crippen LogP contribution in [0.3, 0.4) is 0 Å². The van der Waals surface area contributed by atoms with Crippen LogP contribution in [0.25, 0.3) is 10.9 Å². The van der Waals surface area contributed by atoms with Crippen LogP contribution in [0.1, 0.15) is 31.9 Å². The van der Waals surface area contributed by atoms with Crippen LogP contribution in [0.5, 0.6) is 5.88 Å². The molecule has 2 aromatic heterocycles. The first kappa shape index (κ1) is 19.7. The maximum absolute atomic E-state index is 12.2. The molecular formula is C19H21N5O3S. The number of rotatable bonds is 7. The molecule has 3 aromatic rings. The number of aromatic hydroxyl groups is 1. The summed E-state index contributed by atoms with van der Waals surface area (Å²) in [6.45, 7) is 2.78. The number of carbonyl (C=O) groups is 1. The molecule has 0 fully saturated rings. The van der Waals surface area contributed by atoms with E-state index in [1.54, 1.807) is 4.57 Å². The largest absolute Gasteiger partial charge is 0.493 e. The molecule has 0 saturated carbocycles. The Morgan fingerprint density at radius 2 is 2.04 bits per heavy atom. The molecule has 8 nitrogen and oxygen atoms in total. The van der Waals surface area contributed by atoms with Crippen molar-refractivity contribution in [1.29, 1.82) is 0 Å². The molecule has 0 unspecified atom stereocenters. The minimum Gasteiger partial charge on any atom is -0.493 e. The van der Waals surface area contributed by atoms with Crippen molar-refractivity contribution in [3.63, 3.8) is 0 Å². The molecule has 1 amide bonds. The number of aryl methyl sites for hydroxylation is 1. The zero-order chi connectivity index (χ0) is 20.1. The number of aromatic amines is 2. The second kappa shape index (κ2) is 8.75. The highest BCUT2D eigenvalue weighted by Crippen LogP contribution is 2.39. The quantitative estimate of drug-likeness (QED) is 0.314. The van der Waals surface area contributed by atoms with Gasteiger partial charge in [-0.05, 0) is 24.7 Å². The summed E-state index contributed by atoms with van der Waals surface area (Å²) in [6.07, 6.45) is 2.91. The molecule has 28 heavy (non-hydrogen) atoms. The lowest BCUT2D eigenvalue weighted by atomic mass is 10.2. The maximum Gasteiger partial charge on any atom is 0.270 e. The number of amides is 1. The SMILES string of the molecule is CCCCCn1c(O)c(N=NC(=O)Cc2cc(=O)[nH]c(=S)[nH]2)c2ccccc21. The van der Waals surface area contributed by atoms with Gasteiger partial charge in [0.2, 0.25) is 5.88 Å². The normalized spacial score (nSPS) is 11.5. The number of benzene rings is 1. The molecule has 9 heteroatoms. The average molecular weight is 399 g/mol. The van der Waals surface area contributed by atoms with E-state index in [-0.39, 0.29) is 22.8 Å². The molecule has 0 atom stereocenters. The van der Waals surface area contributed by atoms with E-state index in [1.807, 2.05) is 24.3 Å². The van der Waals surface area contributed by atoms with Crippen LogP contribution in [0.15, 0.2) is 45.4 Å². The van der Waals surface area contributed by atoms with Crippen molar-refractivity contribution in [2.24, 2.45) is 10.2 Å². The summed E-state index contributed by atoms with van der Waals surface area (Å²) in [5.74, 6) is -0.567. The molecule has 0 aliphatic heterocycles. The van der Waals surface area contributed by atoms with Crippen molar-refractivity contribution >= 4 is 34.7 Å². The van der Waals surface area contributed by atoms with Gasteiger partial charge in [-0.15, -0.1) is 10.2 Å². The number of unbranched alkanes of at least 4 members (excludes halogenated alkanes) is 2. The number of hydrogen-bond donors (Lipinski definition) is 3. The molecule has 0 spiro atoms. The van der Waals surface area contributed by atoms with Gasteiger partial charge < -0.3 is 14.7 Å². The lowest BCUT2D eigenvalue weighted by Gasteiger charge is -2.05. The second-order valence-electron chi connectivity index (χ2n) is 6.43. The first-order chi connectivity index (χ1) is 13.5. The molecule has 3 N–H and O–H groups in total. The third kappa shape index (κ3) is 4.42. The Bertz CT molecular complexity index is 1110. The number of hydrogen-bond acceptors (Lipinski definition) is 5. The first-order valence-electron chi connectivity index (χ1n) is 9.07. The van der Waals surface area contributed by atoms with Gasteiger partial charge in [-0.2, -0.15) is 0 Å². The van der Waals surface area contributed by atoms with Crippen LogP contribution in [0.4, 0.5) is 5.69 Å². The zero-order valence-corrected chi connectivity index (χ0v) is 16.3. The summed E-state index contributed by atoms with van der Waals surface area (Å²) in [4.78, 5) is 28.7. The molecule has 0 aliphatic rings. The van der Waals surface area contributed by atoms with E-state index in [0.29, 0.717) is 12.2 Å². The van der Waals surface area contributed by atoms with Crippen LogP contribution in [-0.4, -0.2) is 25.5 Å². The molecule has 0 radical (unpaired) electrons. The van der Waals surface area contributed by atoms with Crippen LogP contribution >= 0.6 is 12.2 Å². The standard InChI is InChI=1S/C19H21N5O3S/c1-2-3-6-9-24-14-8-5-4-7-13(14)17(18(24)27)23-22-16(26)11-12-10-15(25)21-19(28)20-12/h4-5,7-8,10,27H,2-3,6,9,11H2,1H3,(H2,20,21,25,28). The van der Waals surface area contributed by atoms with Gasteiger partial charge >= 0.3 is 0 Å². The number of para-hydroxylation sites is 1. The minimum absolute atomic E-state index is 0.00980. The molecule has 0 bridgehead atoms. The van der Waals surface area contributed by atoms with Crippen molar-refractivity contribution in [3.8, 4) is 5.88 Å². The van der Waals surface area contributed by atoms with E-state index in [9.17, 15) is 14.7 Å². The minimum atomic E-state index is -0.557. The molecule has 0 saturated heterocycles. The van der Waals surface area contributed by atoms with E-state index in [2.05, 4.69) is 27.1 Å². The third-order valence-electron chi connectivity index (χ3n) is 4.32. The van der Waals surface area contributed by atoms with Gasteiger partial charge in [0.15, 0.2) is 10.5 Å². The molecular weight excluding hydrogens is 378 g/mol. The highest BCUT2D eigenvalue weighted by atomic mass is 32.1. The van der Waals surface area contributed by atoms with Crippen LogP contribution < -0.4 is 5.56 Å². The summed E-state index contributed by atoms with van der Waals surface area (Å²) < 4.78 is 1.93. The summed E-state index contributed by atoms with van der Waals surface area (Å²) in [5, 5.41) is 19.1. The summed E-state index contributed by atoms with van der Waals surface area (Å²) in [6, 6.07) is 8.71. The highest BCUT2D eigenvalue weighted by molar-refractivity contribution is 7.71. The van der Waals surface area contributed by atoms with Crippen molar-refractivity contribution in [3.05, 3.63) is 51.2 Å². The Morgan fingerprint density at radius 1 is 1.25 bits per heavy atom. The number of nitrogens with zero attached hydrogens (tertiary/aromatic N) is 3. The van der Waals surface area contributed by atoms with Gasteiger partial charge in [-0.25, -0.2) is 0 Å². The molecule has 1 aromatic carbocycles. The van der Waals surface area contributed by atoms with Gasteiger partial charge in [0.05, 0.1) is 11.9 Å². The molecule has 2 heterocycles. The van der Waals surface area contributed by atoms with Gasteiger partial charge in [0.25, 0.3) is 11.5 Å². The van der Waals surface area contributed by atoms with Gasteiger partial charge in [-0.1, -0.05) is 38.0 Å². The average Bonchev–Trinajstić information content (AvgIpc) is 2.91. The summed E-state index contributed by atoms with van der Waals surface area (Å²) >= 11 is 4.89. The number of fused-ring (bicyclic) bond motifs is 1. The van der Waals surface area contributed by atoms with Crippen LogP contribution in [0.2, 0.25) is 0 Å². The number of H-pyrrole nitrogens is 2. The number of aromatic nitrogens is 3. The van der Waals surface area contributed by atoms with E-state index >= 15 is 0 Å². The predicted molar refractivity (Wildman–Crippen MR) is 109 cm³/mol. The topological polar surface area (TPSA) is 116 Å². The number of nitrogens with one attached hydrogen (secondary N) is 2. The Balaban J connectivity index is 1.86. The fraction of sp³-hybridized carbons (Fsp3) is 0.316. The Morgan fingerprint density at radius 3 is 2.79 bits per heavy atom. The maximum atomic E-state index is 12.2. The first-order valence-corrected chi connectivity index (χ1v) is 9.47. The number of azo groups is 1. The van der Waals surface area contributed by atoms with Crippen molar-refractivity contribution in [2.45, 2.75) is 39.2 Å². The van der Waals surface area contributed by atoms with Crippen molar-refractivity contribution in [2.75, 3.05) is 0 Å².